The number of amides is 1. The summed E-state index contributed by atoms with van der Waals surface area (Å²) in [5.41, 5.74) is 1.94. The molecule has 0 unspecified atom stereocenters. The summed E-state index contributed by atoms with van der Waals surface area (Å²) in [5.74, 6) is -0.998. The van der Waals surface area contributed by atoms with Gasteiger partial charge < -0.3 is 0 Å². The van der Waals surface area contributed by atoms with E-state index in [0.29, 0.717) is 10.7 Å². The van der Waals surface area contributed by atoms with Crippen molar-refractivity contribution in [2.24, 2.45) is 0 Å². The van der Waals surface area contributed by atoms with E-state index in [-0.39, 0.29) is 22.8 Å². The van der Waals surface area contributed by atoms with Crippen molar-refractivity contribution in [2.45, 2.75) is 42.8 Å². The molecule has 2 aromatic carbocycles. The minimum Gasteiger partial charge on any atom is -0.288 e. The van der Waals surface area contributed by atoms with Gasteiger partial charge >= 0.3 is 0 Å². The van der Waals surface area contributed by atoms with Gasteiger partial charge in [0.2, 0.25) is 0 Å². The predicted octanol–water partition coefficient (Wildman–Crippen LogP) is 4.41. The summed E-state index contributed by atoms with van der Waals surface area (Å²) in [6, 6.07) is 13.2. The lowest BCUT2D eigenvalue weighted by molar-refractivity contribution is 0.0706. The van der Waals surface area contributed by atoms with Gasteiger partial charge in [-0.1, -0.05) is 61.9 Å². The third-order valence-electron chi connectivity index (χ3n) is 4.88. The van der Waals surface area contributed by atoms with Crippen molar-refractivity contribution in [3.8, 4) is 0 Å². The van der Waals surface area contributed by atoms with E-state index in [4.69, 9.17) is 0 Å². The van der Waals surface area contributed by atoms with Crippen molar-refractivity contribution in [3.05, 3.63) is 77.7 Å². The van der Waals surface area contributed by atoms with Crippen LogP contribution in [0, 0.1) is 5.82 Å². The molecule has 0 saturated heterocycles. The lowest BCUT2D eigenvalue weighted by atomic mass is 10.2. The van der Waals surface area contributed by atoms with Gasteiger partial charge in [0.15, 0.2) is 11.0 Å². The van der Waals surface area contributed by atoms with Gasteiger partial charge in [0.25, 0.3) is 15.9 Å². The minimum absolute atomic E-state index is 0.150. The van der Waals surface area contributed by atoms with E-state index in [1.807, 2.05) is 0 Å². The zero-order valence-electron chi connectivity index (χ0n) is 18.5. The van der Waals surface area contributed by atoms with Crippen LogP contribution in [-0.2, 0) is 16.6 Å². The second-order valence-corrected chi connectivity index (χ2v) is 10.3. The van der Waals surface area contributed by atoms with Crippen LogP contribution in [0.3, 0.4) is 0 Å². The van der Waals surface area contributed by atoms with Gasteiger partial charge in [-0.05, 0) is 36.2 Å². The number of unbranched alkanes of at least 4 members (excludes halogenated alkanes) is 2. The smallest absolute Gasteiger partial charge is 0.280 e. The lowest BCUT2D eigenvalue weighted by Crippen LogP contribution is -2.34. The summed E-state index contributed by atoms with van der Waals surface area (Å²) in [4.78, 5) is 20.8. The number of nitrogens with zero attached hydrogens (tertiary/aromatic N) is 3. The third-order valence-corrected chi connectivity index (χ3v) is 7.58. The molecule has 3 aromatic rings. The van der Waals surface area contributed by atoms with Gasteiger partial charge in [-0.15, -0.1) is 0 Å². The van der Waals surface area contributed by atoms with Crippen LogP contribution in [0.25, 0.3) is 0 Å². The van der Waals surface area contributed by atoms with Crippen LogP contribution >= 0.6 is 11.8 Å². The van der Waals surface area contributed by atoms with Gasteiger partial charge in [0, 0.05) is 11.9 Å². The molecule has 1 amide bonds. The second-order valence-electron chi connectivity index (χ2n) is 7.34. The van der Waals surface area contributed by atoms with Crippen LogP contribution in [-0.4, -0.2) is 35.3 Å². The van der Waals surface area contributed by atoms with Crippen LogP contribution in [0.2, 0.25) is 0 Å². The first-order chi connectivity index (χ1) is 16.4. The number of thioether (sulfide) groups is 1. The summed E-state index contributed by atoms with van der Waals surface area (Å²) in [7, 11) is -4.27. The predicted molar refractivity (Wildman–Crippen MR) is 128 cm³/mol. The first-order valence-corrected chi connectivity index (χ1v) is 13.1. The summed E-state index contributed by atoms with van der Waals surface area (Å²) in [6.07, 6.45) is 4.20. The molecule has 0 fully saturated rings. The van der Waals surface area contributed by atoms with Crippen LogP contribution in [0.1, 0.15) is 42.1 Å². The molecular weight excluding hydrogens is 479 g/mol. The van der Waals surface area contributed by atoms with Crippen molar-refractivity contribution >= 4 is 33.5 Å². The Morgan fingerprint density at radius 3 is 2.47 bits per heavy atom. The minimum atomic E-state index is -4.27. The van der Waals surface area contributed by atoms with Gasteiger partial charge in [0.1, 0.15) is 11.4 Å². The SMILES string of the molecule is CCCCCSc1ncc(C(=O)NO)c(N(Cc2ccccc2)S(=O)(=O)c2ccc(F)cc2)n1. The van der Waals surface area contributed by atoms with Gasteiger partial charge in [-0.3, -0.25) is 10.0 Å². The second kappa shape index (κ2) is 11.9. The molecular formula is C23H25FN4O4S2. The van der Waals surface area contributed by atoms with Gasteiger partial charge in [-0.2, -0.15) is 0 Å². The zero-order chi connectivity index (χ0) is 24.6. The summed E-state index contributed by atoms with van der Waals surface area (Å²) >= 11 is 1.35. The Labute approximate surface area is 202 Å². The largest absolute Gasteiger partial charge is 0.288 e. The molecule has 2 N–H and O–H groups in total. The Morgan fingerprint density at radius 2 is 1.82 bits per heavy atom. The normalized spacial score (nSPS) is 11.3. The highest BCUT2D eigenvalue weighted by Gasteiger charge is 2.31. The van der Waals surface area contributed by atoms with E-state index in [2.05, 4.69) is 16.9 Å². The summed E-state index contributed by atoms with van der Waals surface area (Å²) < 4.78 is 41.8. The lowest BCUT2D eigenvalue weighted by Gasteiger charge is -2.25. The number of nitrogens with one attached hydrogen (secondary N) is 1. The Kier molecular flexibility index (Phi) is 8.97. The molecule has 0 saturated carbocycles. The molecule has 180 valence electrons. The molecule has 1 heterocycles. The Bertz CT molecular complexity index is 1210. The van der Waals surface area contributed by atoms with Crippen molar-refractivity contribution in [1.29, 1.82) is 0 Å². The fourth-order valence-electron chi connectivity index (χ4n) is 3.11. The van der Waals surface area contributed by atoms with E-state index >= 15 is 0 Å². The number of aromatic nitrogens is 2. The topological polar surface area (TPSA) is 112 Å². The molecule has 1 aromatic heterocycles. The molecule has 0 spiro atoms. The number of hydrogen-bond donors (Lipinski definition) is 2. The number of rotatable bonds is 11. The Balaban J connectivity index is 2.12. The van der Waals surface area contributed by atoms with E-state index in [9.17, 15) is 22.8 Å². The molecule has 0 radical (unpaired) electrons. The first-order valence-electron chi connectivity index (χ1n) is 10.6. The van der Waals surface area contributed by atoms with Crippen molar-refractivity contribution in [3.63, 3.8) is 0 Å². The first kappa shape index (κ1) is 25.6. The molecule has 0 aliphatic rings. The van der Waals surface area contributed by atoms with E-state index in [1.165, 1.54) is 23.4 Å². The number of carbonyl (C=O) groups excluding carboxylic acids is 1. The Hall–Kier alpha value is -3.02. The van der Waals surface area contributed by atoms with Gasteiger partial charge in [0.05, 0.1) is 11.4 Å². The standard InChI is InChI=1S/C23H25FN4O4S2/c1-2-3-7-14-33-23-25-15-20(22(29)27-30)21(26-23)28(16-17-8-5-4-6-9-17)34(31,32)19-12-10-18(24)11-13-19/h4-6,8-13,15,30H,2-3,7,14,16H2,1H3,(H,27,29). The maximum atomic E-state index is 13.7. The number of hydroxylamine groups is 1. The Morgan fingerprint density at radius 1 is 1.12 bits per heavy atom. The monoisotopic (exact) mass is 504 g/mol. The van der Waals surface area contributed by atoms with E-state index < -0.39 is 21.7 Å². The van der Waals surface area contributed by atoms with Crippen LogP contribution < -0.4 is 9.79 Å². The molecule has 0 aliphatic heterocycles. The highest BCUT2D eigenvalue weighted by molar-refractivity contribution is 7.99. The summed E-state index contributed by atoms with van der Waals surface area (Å²) in [6.45, 7) is 1.94. The quantitative estimate of drug-likeness (QED) is 0.131. The van der Waals surface area contributed by atoms with E-state index in [0.717, 1.165) is 53.6 Å². The van der Waals surface area contributed by atoms with E-state index in [1.54, 1.807) is 30.3 Å². The molecule has 0 bridgehead atoms. The average Bonchev–Trinajstić information content (AvgIpc) is 2.85. The average molecular weight is 505 g/mol. The number of carbonyl (C=O) groups is 1. The number of hydrogen-bond acceptors (Lipinski definition) is 7. The highest BCUT2D eigenvalue weighted by Crippen LogP contribution is 2.29. The van der Waals surface area contributed by atoms with Gasteiger partial charge in [-0.25, -0.2) is 32.6 Å². The molecule has 8 nitrogen and oxygen atoms in total. The number of benzene rings is 2. The number of sulfonamides is 1. The maximum absolute atomic E-state index is 13.7. The van der Waals surface area contributed by atoms with Crippen LogP contribution in [0.4, 0.5) is 10.2 Å². The number of halogens is 1. The fourth-order valence-corrected chi connectivity index (χ4v) is 5.34. The number of anilines is 1. The highest BCUT2D eigenvalue weighted by atomic mass is 32.2. The summed E-state index contributed by atoms with van der Waals surface area (Å²) in [5, 5.41) is 9.53. The zero-order valence-corrected chi connectivity index (χ0v) is 20.2. The fraction of sp³-hybridized carbons (Fsp3) is 0.261. The van der Waals surface area contributed by atoms with Crippen molar-refractivity contribution in [2.75, 3.05) is 10.1 Å². The molecule has 34 heavy (non-hydrogen) atoms. The van der Waals surface area contributed by atoms with Crippen molar-refractivity contribution in [1.82, 2.24) is 15.4 Å². The molecule has 3 rings (SSSR count). The van der Waals surface area contributed by atoms with Crippen molar-refractivity contribution < 1.29 is 22.8 Å². The molecule has 11 heteroatoms. The van der Waals surface area contributed by atoms with Crippen LogP contribution in [0.15, 0.2) is 70.8 Å². The molecule has 0 atom stereocenters. The maximum Gasteiger partial charge on any atom is 0.280 e. The van der Waals surface area contributed by atoms with Crippen LogP contribution in [0.5, 0.6) is 0 Å². The molecule has 0 aliphatic carbocycles. The third kappa shape index (κ3) is 6.31.